The number of rotatable bonds is 1. The molecule has 0 fully saturated rings. The summed E-state index contributed by atoms with van der Waals surface area (Å²) in [5, 5.41) is 0. The summed E-state index contributed by atoms with van der Waals surface area (Å²) in [6.07, 6.45) is 0. The average molecular weight is 415 g/mol. The largest absolute Gasteiger partial charge is 0.655 e. The summed E-state index contributed by atoms with van der Waals surface area (Å²) in [5.74, 6) is 0. The molecule has 0 aliphatic rings. The van der Waals surface area contributed by atoms with Crippen molar-refractivity contribution in [2.45, 2.75) is 0 Å². The molecule has 0 aliphatic heterocycles. The molecule has 36 valence electrons. The van der Waals surface area contributed by atoms with Crippen LogP contribution in [0.5, 0.6) is 0 Å². The van der Waals surface area contributed by atoms with Crippen LogP contribution in [0.2, 0.25) is 0 Å². The van der Waals surface area contributed by atoms with E-state index in [2.05, 4.69) is 4.74 Å². The molecule has 0 N–H and O–H groups in total. The van der Waals surface area contributed by atoms with Crippen LogP contribution in [0.4, 0.5) is 0 Å². The van der Waals surface area contributed by atoms with Gasteiger partial charge in [-0.05, 0) is 0 Å². The second kappa shape index (κ2) is 30.7. The fourth-order valence-electron chi connectivity index (χ4n) is 0. The molecule has 0 atom stereocenters. The Labute approximate surface area is 150 Å². The van der Waals surface area contributed by atoms with Crippen molar-refractivity contribution in [3.8, 4) is 0 Å². The Hall–Kier alpha value is 3.89. The summed E-state index contributed by atoms with van der Waals surface area (Å²) in [4.78, 5) is 8.83. The third-order valence-corrected chi connectivity index (χ3v) is 0.0833. The van der Waals surface area contributed by atoms with E-state index in [1.807, 2.05) is 0 Å². The molecule has 0 aromatic carbocycles. The van der Waals surface area contributed by atoms with Crippen LogP contribution in [0.25, 0.3) is 0 Å². The normalized spacial score (nSPS) is 2.62. The molecule has 0 aromatic rings. The summed E-state index contributed by atoms with van der Waals surface area (Å²) in [6.45, 7) is 1.18. The predicted octanol–water partition coefficient (Wildman–Crippen LogP) is -0.310. The number of carbonyl (C=O) groups excluding carboxylic acids is 1. The second-order valence-corrected chi connectivity index (χ2v) is 0.287. The molecule has 0 saturated carbocycles. The van der Waals surface area contributed by atoms with Crippen LogP contribution in [0.3, 0.4) is 0 Å². The van der Waals surface area contributed by atoms with Gasteiger partial charge in [0.25, 0.3) is 0 Å². The molecule has 0 spiro atoms. The van der Waals surface area contributed by atoms with Gasteiger partial charge < -0.3 is 9.53 Å². The van der Waals surface area contributed by atoms with E-state index in [9.17, 15) is 0 Å². The molecule has 4 radical (unpaired) electrons. The molecule has 8 heavy (non-hydrogen) atoms. The van der Waals surface area contributed by atoms with Crippen LogP contribution in [-0.4, -0.2) is 13.6 Å². The first-order valence-corrected chi connectivity index (χ1v) is 0.816. The Kier molecular flexibility index (Phi) is 114. The van der Waals surface area contributed by atoms with E-state index in [1.54, 1.807) is 0 Å². The molecule has 0 heterocycles. The minimum Gasteiger partial charge on any atom is -0.655 e. The van der Waals surface area contributed by atoms with Crippen molar-refractivity contribution in [1.82, 2.24) is 0 Å². The van der Waals surface area contributed by atoms with Crippen molar-refractivity contribution in [3.05, 3.63) is 0 Å². The molecule has 0 rings (SSSR count). The van der Waals surface area contributed by atoms with Gasteiger partial charge in [0.2, 0.25) is 0 Å². The third kappa shape index (κ3) is 32.7. The van der Waals surface area contributed by atoms with Crippen molar-refractivity contribution >= 4 is 6.47 Å². The van der Waals surface area contributed by atoms with E-state index in [0.717, 1.165) is 0 Å². The van der Waals surface area contributed by atoms with Gasteiger partial charge in [0, 0.05) is 138 Å². The van der Waals surface area contributed by atoms with Crippen LogP contribution >= 0.6 is 0 Å². The van der Waals surface area contributed by atoms with Gasteiger partial charge in [-0.15, -0.1) is 0 Å². The predicted molar refractivity (Wildman–Crippen MR) is 12.7 cm³/mol. The van der Waals surface area contributed by atoms with Gasteiger partial charge in [-0.2, -0.15) is 0 Å². The van der Waals surface area contributed by atoms with Gasteiger partial charge in [-0.1, -0.05) is 6.47 Å². The quantitative estimate of drug-likeness (QED) is 0.551. The minimum absolute atomic E-state index is 0. The van der Waals surface area contributed by atoms with Crippen molar-refractivity contribution in [3.63, 3.8) is 0 Å². The maximum Gasteiger partial charge on any atom is 0.0362 e. The van der Waals surface area contributed by atoms with Crippen molar-refractivity contribution in [1.29, 1.82) is 0 Å². The maximum atomic E-state index is 8.83. The van der Waals surface area contributed by atoms with Crippen LogP contribution in [0.15, 0.2) is 0 Å². The second-order valence-electron chi connectivity index (χ2n) is 0.287. The first-order valence-electron chi connectivity index (χ1n) is 0.816. The van der Waals surface area contributed by atoms with Crippen LogP contribution in [0.1, 0.15) is 0 Å². The molecular formula is C2H3O2Y4-. The number of hydrogen-bond acceptors (Lipinski definition) is 2. The van der Waals surface area contributed by atoms with Crippen LogP contribution < -0.4 is 0 Å². The summed E-state index contributed by atoms with van der Waals surface area (Å²) in [6, 6.07) is 0. The average Bonchev–Trinajstić information content (AvgIpc) is 1.37. The Bertz CT molecular complexity index is 26.0. The van der Waals surface area contributed by atoms with E-state index < -0.39 is 0 Å². The van der Waals surface area contributed by atoms with Crippen molar-refractivity contribution in [2.75, 3.05) is 7.11 Å². The standard InChI is InChI=1S/C2H3O2.4Y/c1-4-2-3;;;;/h1H3;;;;/q-1;;;;. The zero-order valence-corrected chi connectivity index (χ0v) is 16.0. The molecule has 0 saturated heterocycles. The van der Waals surface area contributed by atoms with Crippen molar-refractivity contribution < 1.29 is 140 Å². The van der Waals surface area contributed by atoms with E-state index in [1.165, 1.54) is 13.6 Å². The molecule has 0 unspecified atom stereocenters. The smallest absolute Gasteiger partial charge is 0.0362 e. The first-order chi connectivity index (χ1) is 1.91. The zero-order chi connectivity index (χ0) is 3.41. The van der Waals surface area contributed by atoms with Gasteiger partial charge >= 0.3 is 0 Å². The van der Waals surface area contributed by atoms with Gasteiger partial charge in [0.05, 0.1) is 0 Å². The monoisotopic (exact) mass is 415 g/mol. The summed E-state index contributed by atoms with van der Waals surface area (Å²) in [5.41, 5.74) is 0. The van der Waals surface area contributed by atoms with E-state index in [-0.39, 0.29) is 131 Å². The minimum atomic E-state index is 0. The van der Waals surface area contributed by atoms with E-state index >= 15 is 0 Å². The van der Waals surface area contributed by atoms with E-state index in [4.69, 9.17) is 4.79 Å². The summed E-state index contributed by atoms with van der Waals surface area (Å²) < 4.78 is 3.74. The third-order valence-electron chi connectivity index (χ3n) is 0.0833. The molecular weight excluding hydrogens is 412 g/mol. The number of ether oxygens (including phenoxy) is 1. The Morgan fingerprint density at radius 3 is 1.25 bits per heavy atom. The van der Waals surface area contributed by atoms with Crippen LogP contribution in [0, 0.1) is 0 Å². The molecule has 6 heteroatoms. The molecule has 2 nitrogen and oxygen atoms in total. The summed E-state index contributed by atoms with van der Waals surface area (Å²) >= 11 is 0. The van der Waals surface area contributed by atoms with Gasteiger partial charge in [0.15, 0.2) is 0 Å². The van der Waals surface area contributed by atoms with Gasteiger partial charge in [-0.25, -0.2) is 0 Å². The molecule has 0 aliphatic carbocycles. The Balaban J connectivity index is -0.00000000750. The van der Waals surface area contributed by atoms with Crippen LogP contribution in [-0.2, 0) is 140 Å². The zero-order valence-electron chi connectivity index (χ0n) is 4.63. The summed E-state index contributed by atoms with van der Waals surface area (Å²) in [7, 11) is 1.26. The fraction of sp³-hybridized carbons (Fsp3) is 0.500. The maximum absolute atomic E-state index is 8.83. The molecule has 0 bridgehead atoms. The van der Waals surface area contributed by atoms with Gasteiger partial charge in [-0.3, -0.25) is 0 Å². The number of methoxy groups -OCH3 is 1. The van der Waals surface area contributed by atoms with Crippen molar-refractivity contribution in [2.24, 2.45) is 0 Å². The Morgan fingerprint density at radius 1 is 1.12 bits per heavy atom. The molecule has 0 amide bonds. The van der Waals surface area contributed by atoms with E-state index in [0.29, 0.717) is 0 Å². The SMILES string of the molecule is CO[C-]=O.[Y].[Y].[Y].[Y]. The van der Waals surface area contributed by atoms with Gasteiger partial charge in [0.1, 0.15) is 0 Å². The molecule has 0 aromatic heterocycles. The number of hydrogen-bond donors (Lipinski definition) is 0. The first kappa shape index (κ1) is 29.7. The topological polar surface area (TPSA) is 26.3 Å². The fourth-order valence-corrected chi connectivity index (χ4v) is 0. The Morgan fingerprint density at radius 2 is 1.25 bits per heavy atom.